The number of hydrogen-bond donors (Lipinski definition) is 0. The molecule has 8 rings (SSSR count). The molecule has 312 valence electrons. The van der Waals surface area contributed by atoms with E-state index in [4.69, 9.17) is 0 Å². The summed E-state index contributed by atoms with van der Waals surface area (Å²) in [6.07, 6.45) is -2.67. The van der Waals surface area contributed by atoms with Gasteiger partial charge in [-0.1, -0.05) is 237 Å². The molecule has 0 fully saturated rings. The molecule has 8 aromatic rings. The van der Waals surface area contributed by atoms with E-state index in [1.807, 2.05) is 0 Å². The normalized spacial score (nSPS) is 11.2. The van der Waals surface area contributed by atoms with Crippen LogP contribution >= 0.6 is 0 Å². The quantitative estimate of drug-likeness (QED) is 0.204. The van der Waals surface area contributed by atoms with Gasteiger partial charge >= 0.3 is 59.1 Å². The third kappa shape index (κ3) is 10.1. The average molecular weight is 853 g/mol. The van der Waals surface area contributed by atoms with Crippen LogP contribution in [-0.4, -0.2) is 12.3 Å². The molecule has 0 atom stereocenters. The first-order chi connectivity index (χ1) is 29.6. The Labute approximate surface area is 430 Å². The molecule has 64 heavy (non-hydrogen) atoms. The largest absolute Gasteiger partial charge is 1.00 e. The molecule has 0 aromatic heterocycles. The molecule has 0 N–H and O–H groups in total. The molecular formula is C60H64B2Na2. The molecule has 0 aliphatic carbocycles. The Morgan fingerprint density at radius 2 is 0.422 bits per heavy atom. The standard InChI is InChI=1S/C32H36B.C28H28B.2Na/c1-21-9-13-29(25(5)17-21)33(30-14-10-22(2)18-26(30)6,31-15-11-23(3)19-27(31)7)32-16-12-24(4)20-28(32)8;1-21-9-5-13-25(17-21)29(26-14-6-10-22(2)18-26,27-15-7-11-23(3)19-27)28-16-8-12-24(4)20-28;;/h9-20H,1-8H3;5-20H,1-4H3;;/q2*-1;2*+1. The second kappa shape index (κ2) is 21.5. The molecule has 0 spiro atoms. The van der Waals surface area contributed by atoms with Crippen molar-refractivity contribution in [3.63, 3.8) is 0 Å². The summed E-state index contributed by atoms with van der Waals surface area (Å²) in [4.78, 5) is 0. The van der Waals surface area contributed by atoms with E-state index in [1.54, 1.807) is 0 Å². The maximum atomic E-state index is 2.39. The first-order valence-electron chi connectivity index (χ1n) is 22.5. The van der Waals surface area contributed by atoms with Crippen molar-refractivity contribution in [3.05, 3.63) is 237 Å². The van der Waals surface area contributed by atoms with Gasteiger partial charge in [-0.2, -0.15) is 43.7 Å². The smallest absolute Gasteiger partial charge is 0.195 e. The van der Waals surface area contributed by atoms with Crippen molar-refractivity contribution >= 4 is 56.0 Å². The predicted molar refractivity (Wildman–Crippen MR) is 277 cm³/mol. The van der Waals surface area contributed by atoms with E-state index in [0.717, 1.165) is 0 Å². The third-order valence-electron chi connectivity index (χ3n) is 13.7. The van der Waals surface area contributed by atoms with E-state index in [0.29, 0.717) is 0 Å². The minimum absolute atomic E-state index is 0. The minimum atomic E-state index is -1.38. The zero-order chi connectivity index (χ0) is 44.3. The van der Waals surface area contributed by atoms with Crippen molar-refractivity contribution in [2.24, 2.45) is 0 Å². The Morgan fingerprint density at radius 3 is 0.609 bits per heavy atom. The summed E-state index contributed by atoms with van der Waals surface area (Å²) in [6.45, 7) is 26.7. The van der Waals surface area contributed by atoms with Gasteiger partial charge < -0.3 is 0 Å². The summed E-state index contributed by atoms with van der Waals surface area (Å²) >= 11 is 0. The van der Waals surface area contributed by atoms with Crippen LogP contribution in [0.15, 0.2) is 170 Å². The van der Waals surface area contributed by atoms with Crippen LogP contribution < -0.4 is 103 Å². The predicted octanol–water partition coefficient (Wildman–Crippen LogP) is 3.84. The summed E-state index contributed by atoms with van der Waals surface area (Å²) in [7, 11) is 0. The first-order valence-corrected chi connectivity index (χ1v) is 22.5. The monoisotopic (exact) mass is 852 g/mol. The summed E-state index contributed by atoms with van der Waals surface area (Å²) in [6, 6.07) is 64.3. The molecule has 0 heterocycles. The Morgan fingerprint density at radius 1 is 0.219 bits per heavy atom. The summed E-state index contributed by atoms with van der Waals surface area (Å²) < 4.78 is 0. The van der Waals surface area contributed by atoms with Gasteiger partial charge in [0.15, 0.2) is 0 Å². The molecule has 0 amide bonds. The molecular weight excluding hydrogens is 788 g/mol. The van der Waals surface area contributed by atoms with Gasteiger partial charge in [0.2, 0.25) is 0 Å². The van der Waals surface area contributed by atoms with E-state index in [2.05, 4.69) is 253 Å². The van der Waals surface area contributed by atoms with E-state index < -0.39 is 12.3 Å². The molecule has 0 nitrogen and oxygen atoms in total. The molecule has 0 bridgehead atoms. The van der Waals surface area contributed by atoms with Crippen molar-refractivity contribution in [2.75, 3.05) is 0 Å². The molecule has 0 aliphatic rings. The molecule has 0 saturated carbocycles. The summed E-state index contributed by atoms with van der Waals surface area (Å²) in [5.41, 5.74) is 27.0. The van der Waals surface area contributed by atoms with Gasteiger partial charge in [0.05, 0.1) is 0 Å². The van der Waals surface area contributed by atoms with E-state index in [9.17, 15) is 0 Å². The van der Waals surface area contributed by atoms with Crippen molar-refractivity contribution in [3.8, 4) is 0 Å². The van der Waals surface area contributed by atoms with Crippen LogP contribution in [0.3, 0.4) is 0 Å². The second-order valence-electron chi connectivity index (χ2n) is 18.8. The molecule has 0 saturated heterocycles. The number of rotatable bonds is 8. The van der Waals surface area contributed by atoms with Crippen LogP contribution in [0, 0.1) is 83.1 Å². The zero-order valence-electron chi connectivity index (χ0n) is 41.3. The molecule has 4 heteroatoms. The molecule has 0 radical (unpaired) electrons. The fraction of sp³-hybridized carbons (Fsp3) is 0.200. The fourth-order valence-electron chi connectivity index (χ4n) is 11.2. The molecule has 8 aromatic carbocycles. The minimum Gasteiger partial charge on any atom is -0.195 e. The third-order valence-corrected chi connectivity index (χ3v) is 13.7. The van der Waals surface area contributed by atoms with Crippen LogP contribution in [0.5, 0.6) is 0 Å². The Balaban J connectivity index is 0.000000235. The van der Waals surface area contributed by atoms with Gasteiger partial charge in [0, 0.05) is 0 Å². The fourth-order valence-corrected chi connectivity index (χ4v) is 11.2. The van der Waals surface area contributed by atoms with E-state index in [-0.39, 0.29) is 59.1 Å². The van der Waals surface area contributed by atoms with Gasteiger partial charge in [-0.3, -0.25) is 0 Å². The molecule has 0 aliphatic heterocycles. The van der Waals surface area contributed by atoms with Crippen molar-refractivity contribution in [1.82, 2.24) is 0 Å². The maximum absolute atomic E-state index is 2.39. The first kappa shape index (κ1) is 50.9. The van der Waals surface area contributed by atoms with Gasteiger partial charge in [-0.15, -0.1) is 0 Å². The number of benzene rings is 8. The second-order valence-corrected chi connectivity index (χ2v) is 18.8. The Hall–Kier alpha value is -4.11. The zero-order valence-corrected chi connectivity index (χ0v) is 45.3. The number of hydrogen-bond acceptors (Lipinski definition) is 0. The Kier molecular flexibility index (Phi) is 17.1. The topological polar surface area (TPSA) is 0 Å². The summed E-state index contributed by atoms with van der Waals surface area (Å²) in [5, 5.41) is 0. The average Bonchev–Trinajstić information content (AvgIpc) is 3.21. The van der Waals surface area contributed by atoms with E-state index in [1.165, 1.54) is 110 Å². The van der Waals surface area contributed by atoms with Gasteiger partial charge in [0.1, 0.15) is 12.3 Å². The van der Waals surface area contributed by atoms with Gasteiger partial charge in [-0.05, 0) is 83.1 Å². The van der Waals surface area contributed by atoms with Crippen molar-refractivity contribution in [2.45, 2.75) is 83.1 Å². The van der Waals surface area contributed by atoms with Gasteiger partial charge in [-0.25, -0.2) is 0 Å². The van der Waals surface area contributed by atoms with Crippen LogP contribution in [-0.2, 0) is 0 Å². The van der Waals surface area contributed by atoms with Crippen LogP contribution in [0.25, 0.3) is 0 Å². The van der Waals surface area contributed by atoms with Crippen LogP contribution in [0.2, 0.25) is 0 Å². The summed E-state index contributed by atoms with van der Waals surface area (Å²) in [5.74, 6) is 0. The number of aryl methyl sites for hydroxylation is 12. The van der Waals surface area contributed by atoms with Crippen LogP contribution in [0.4, 0.5) is 0 Å². The maximum Gasteiger partial charge on any atom is 1.00 e. The Bertz CT molecular complexity index is 2510. The molecule has 0 unspecified atom stereocenters. The van der Waals surface area contributed by atoms with E-state index >= 15 is 0 Å². The van der Waals surface area contributed by atoms with Crippen molar-refractivity contribution in [1.29, 1.82) is 0 Å². The van der Waals surface area contributed by atoms with Gasteiger partial charge in [0.25, 0.3) is 0 Å². The van der Waals surface area contributed by atoms with Crippen LogP contribution in [0.1, 0.15) is 66.8 Å². The van der Waals surface area contributed by atoms with Crippen molar-refractivity contribution < 1.29 is 59.1 Å². The SMILES string of the molecule is Cc1ccc([B-](c2ccc(C)cc2C)(c2ccc(C)cc2C)c2ccc(C)cc2C)c(C)c1.Cc1cccc([B-](c2cccc(C)c2)(c2cccc(C)c2)c2cccc(C)c2)c1.[Na+].[Na+].